The van der Waals surface area contributed by atoms with Crippen LogP contribution < -0.4 is 9.47 Å². The van der Waals surface area contributed by atoms with Gasteiger partial charge in [-0.25, -0.2) is 8.42 Å². The molecular formula is C18H14ClF2NO4S. The standard InChI is InChI=1S/C18H14ClF2NO4S/c1-11-3-5-13(6-4-11)27(23,24)14(10-22)7-12-8-15(19)17(26-18(20)21)16(9-12)25-2/h3-9,18H,1-2H3/b14-7+. The Morgan fingerprint density at radius 2 is 1.89 bits per heavy atom. The Hall–Kier alpha value is -2.63. The number of hydrogen-bond donors (Lipinski definition) is 0. The van der Waals surface area contributed by atoms with Crippen molar-refractivity contribution in [1.82, 2.24) is 0 Å². The van der Waals surface area contributed by atoms with Crippen molar-refractivity contribution in [3.05, 3.63) is 57.5 Å². The number of rotatable bonds is 6. The van der Waals surface area contributed by atoms with E-state index in [9.17, 15) is 22.5 Å². The highest BCUT2D eigenvalue weighted by molar-refractivity contribution is 7.95. The summed E-state index contributed by atoms with van der Waals surface area (Å²) in [5, 5.41) is 9.11. The van der Waals surface area contributed by atoms with Crippen molar-refractivity contribution in [3.63, 3.8) is 0 Å². The van der Waals surface area contributed by atoms with Gasteiger partial charge in [-0.05, 0) is 42.8 Å². The van der Waals surface area contributed by atoms with E-state index in [4.69, 9.17) is 16.3 Å². The lowest BCUT2D eigenvalue weighted by Crippen LogP contribution is -2.05. The molecule has 0 atom stereocenters. The van der Waals surface area contributed by atoms with Gasteiger partial charge in [0.25, 0.3) is 0 Å². The van der Waals surface area contributed by atoms with E-state index < -0.39 is 21.4 Å². The van der Waals surface area contributed by atoms with Gasteiger partial charge in [0.2, 0.25) is 9.84 Å². The lowest BCUT2D eigenvalue weighted by atomic mass is 10.2. The second-order valence-corrected chi connectivity index (χ2v) is 7.67. The summed E-state index contributed by atoms with van der Waals surface area (Å²) in [7, 11) is -2.85. The molecule has 0 radical (unpaired) electrons. The van der Waals surface area contributed by atoms with Gasteiger partial charge < -0.3 is 9.47 Å². The van der Waals surface area contributed by atoms with Crippen molar-refractivity contribution in [2.45, 2.75) is 18.4 Å². The van der Waals surface area contributed by atoms with E-state index in [2.05, 4.69) is 4.74 Å². The van der Waals surface area contributed by atoms with Crippen molar-refractivity contribution < 1.29 is 26.7 Å². The Balaban J connectivity index is 2.53. The van der Waals surface area contributed by atoms with Gasteiger partial charge in [0, 0.05) is 0 Å². The molecule has 2 aromatic rings. The van der Waals surface area contributed by atoms with Gasteiger partial charge in [-0.3, -0.25) is 0 Å². The number of nitriles is 1. The van der Waals surface area contributed by atoms with Crippen LogP contribution in [0.25, 0.3) is 6.08 Å². The smallest absolute Gasteiger partial charge is 0.387 e. The van der Waals surface area contributed by atoms with Gasteiger partial charge in [-0.15, -0.1) is 0 Å². The molecule has 0 saturated carbocycles. The Labute approximate surface area is 160 Å². The number of hydrogen-bond acceptors (Lipinski definition) is 5. The number of nitrogens with zero attached hydrogens (tertiary/aromatic N) is 1. The Morgan fingerprint density at radius 3 is 2.41 bits per heavy atom. The Kier molecular flexibility index (Phi) is 6.41. The summed E-state index contributed by atoms with van der Waals surface area (Å²) in [4.78, 5) is -0.580. The molecule has 0 bridgehead atoms. The normalized spacial score (nSPS) is 12.0. The molecule has 0 aliphatic heterocycles. The molecule has 0 heterocycles. The van der Waals surface area contributed by atoms with Gasteiger partial charge in [0.15, 0.2) is 11.5 Å². The van der Waals surface area contributed by atoms with Gasteiger partial charge in [0.1, 0.15) is 11.0 Å². The highest BCUT2D eigenvalue weighted by atomic mass is 35.5. The van der Waals surface area contributed by atoms with Crippen LogP contribution in [-0.2, 0) is 9.84 Å². The fourth-order valence-electron chi connectivity index (χ4n) is 2.19. The number of sulfone groups is 1. The third-order valence-electron chi connectivity index (χ3n) is 3.49. The number of ether oxygens (including phenoxy) is 2. The fraction of sp³-hybridized carbons (Fsp3) is 0.167. The minimum Gasteiger partial charge on any atom is -0.493 e. The molecule has 27 heavy (non-hydrogen) atoms. The van der Waals surface area contributed by atoms with Crippen LogP contribution in [0.5, 0.6) is 11.5 Å². The van der Waals surface area contributed by atoms with Gasteiger partial charge in [-0.2, -0.15) is 14.0 Å². The van der Waals surface area contributed by atoms with Gasteiger partial charge >= 0.3 is 6.61 Å². The SMILES string of the molecule is COc1cc(/C=C(\C#N)S(=O)(=O)c2ccc(C)cc2)cc(Cl)c1OC(F)F. The van der Waals surface area contributed by atoms with E-state index in [1.54, 1.807) is 25.1 Å². The molecule has 0 aliphatic carbocycles. The topological polar surface area (TPSA) is 76.4 Å². The monoisotopic (exact) mass is 413 g/mol. The maximum atomic E-state index is 12.7. The molecule has 5 nitrogen and oxygen atoms in total. The average molecular weight is 414 g/mol. The van der Waals surface area contributed by atoms with Crippen molar-refractivity contribution in [2.75, 3.05) is 7.11 Å². The van der Waals surface area contributed by atoms with Crippen LogP contribution in [0.15, 0.2) is 46.2 Å². The number of alkyl halides is 2. The molecule has 0 aliphatic rings. The summed E-state index contributed by atoms with van der Waals surface area (Å²) in [6.07, 6.45) is 1.08. The molecule has 0 spiro atoms. The van der Waals surface area contributed by atoms with Crippen molar-refractivity contribution >= 4 is 27.5 Å². The van der Waals surface area contributed by atoms with Crippen molar-refractivity contribution in [2.24, 2.45) is 0 Å². The summed E-state index contributed by atoms with van der Waals surface area (Å²) in [6, 6.07) is 10.1. The van der Waals surface area contributed by atoms with Crippen LogP contribution in [0.1, 0.15) is 11.1 Å². The molecule has 0 amide bonds. The van der Waals surface area contributed by atoms with Crippen molar-refractivity contribution in [1.29, 1.82) is 5.26 Å². The molecule has 0 saturated heterocycles. The zero-order valence-corrected chi connectivity index (χ0v) is 15.8. The first-order valence-electron chi connectivity index (χ1n) is 7.45. The minimum atomic E-state index is -4.06. The first-order valence-corrected chi connectivity index (χ1v) is 9.31. The number of methoxy groups -OCH3 is 1. The molecule has 2 aromatic carbocycles. The fourth-order valence-corrected chi connectivity index (χ4v) is 3.62. The molecule has 2 rings (SSSR count). The van der Waals surface area contributed by atoms with Crippen molar-refractivity contribution in [3.8, 4) is 17.6 Å². The predicted molar refractivity (Wildman–Crippen MR) is 96.6 cm³/mol. The number of benzene rings is 2. The maximum Gasteiger partial charge on any atom is 0.387 e. The molecular weight excluding hydrogens is 400 g/mol. The van der Waals surface area contributed by atoms with E-state index in [0.29, 0.717) is 0 Å². The molecule has 142 valence electrons. The number of allylic oxidation sites excluding steroid dienone is 1. The van der Waals surface area contributed by atoms with Crippen LogP contribution >= 0.6 is 11.6 Å². The number of aryl methyl sites for hydroxylation is 1. The predicted octanol–water partition coefficient (Wildman–Crippen LogP) is 4.60. The average Bonchev–Trinajstić information content (AvgIpc) is 2.61. The zero-order chi connectivity index (χ0) is 20.2. The summed E-state index contributed by atoms with van der Waals surface area (Å²) in [5.41, 5.74) is 1.04. The van der Waals surface area contributed by atoms with Crippen LogP contribution in [-0.4, -0.2) is 22.1 Å². The van der Waals surface area contributed by atoms with E-state index in [1.807, 2.05) is 0 Å². The molecule has 9 heteroatoms. The Morgan fingerprint density at radius 1 is 1.26 bits per heavy atom. The van der Waals surface area contributed by atoms with Crippen LogP contribution in [0.3, 0.4) is 0 Å². The van der Waals surface area contributed by atoms with Gasteiger partial charge in [0.05, 0.1) is 17.0 Å². The van der Waals surface area contributed by atoms with Gasteiger partial charge in [-0.1, -0.05) is 29.3 Å². The largest absolute Gasteiger partial charge is 0.493 e. The second-order valence-electron chi connectivity index (χ2n) is 5.35. The third-order valence-corrected chi connectivity index (χ3v) is 5.45. The number of halogens is 3. The summed E-state index contributed by atoms with van der Waals surface area (Å²) < 4.78 is 59.5. The highest BCUT2D eigenvalue weighted by Gasteiger charge is 2.22. The third kappa shape index (κ3) is 4.76. The zero-order valence-electron chi connectivity index (χ0n) is 14.2. The summed E-state index contributed by atoms with van der Waals surface area (Å²) >= 11 is 5.93. The molecule has 0 fully saturated rings. The Bertz CT molecular complexity index is 1010. The molecule has 0 aromatic heterocycles. The first kappa shape index (κ1) is 20.7. The lowest BCUT2D eigenvalue weighted by molar-refractivity contribution is -0.0511. The van der Waals surface area contributed by atoms with Crippen LogP contribution in [0.4, 0.5) is 8.78 Å². The summed E-state index contributed by atoms with van der Waals surface area (Å²) in [6.45, 7) is -1.32. The van der Waals surface area contributed by atoms with Crippen LogP contribution in [0.2, 0.25) is 5.02 Å². The van der Waals surface area contributed by atoms with E-state index in [1.165, 1.54) is 31.4 Å². The van der Waals surface area contributed by atoms with E-state index >= 15 is 0 Å². The van der Waals surface area contributed by atoms with Crippen LogP contribution in [0, 0.1) is 18.3 Å². The summed E-state index contributed by atoms with van der Waals surface area (Å²) in [5.74, 6) is -0.509. The highest BCUT2D eigenvalue weighted by Crippen LogP contribution is 2.38. The minimum absolute atomic E-state index is 0.0448. The second kappa shape index (κ2) is 8.37. The molecule has 0 N–H and O–H groups in total. The maximum absolute atomic E-state index is 12.7. The van der Waals surface area contributed by atoms with E-state index in [-0.39, 0.29) is 27.0 Å². The molecule has 0 unspecified atom stereocenters. The van der Waals surface area contributed by atoms with E-state index in [0.717, 1.165) is 11.6 Å². The quantitative estimate of drug-likeness (QED) is 0.647. The first-order chi connectivity index (χ1) is 12.7. The lowest BCUT2D eigenvalue weighted by Gasteiger charge is -2.12.